The molecule has 1 aliphatic rings. The summed E-state index contributed by atoms with van der Waals surface area (Å²) in [6, 6.07) is 117. The molecule has 1 atom stereocenters. The molecule has 5 aromatic heterocycles. The van der Waals surface area contributed by atoms with E-state index in [1.807, 2.05) is 48.5 Å². The Morgan fingerprint density at radius 1 is 0.275 bits per heavy atom. The summed E-state index contributed by atoms with van der Waals surface area (Å²) in [5, 5.41) is 5.64. The highest BCUT2D eigenvalue weighted by atomic mass is 32.2. The van der Waals surface area contributed by atoms with Gasteiger partial charge in [-0.15, -0.1) is 11.3 Å². The molecule has 19 aromatic rings. The van der Waals surface area contributed by atoms with Crippen molar-refractivity contribution in [3.05, 3.63) is 334 Å². The number of fused-ring (bicyclic) bond motifs is 9. The molecule has 14 aromatic carbocycles. The summed E-state index contributed by atoms with van der Waals surface area (Å²) in [6.45, 7) is 0. The quantitative estimate of drug-likeness (QED) is 0.120. The largest absolute Gasteiger partial charge is 0.309 e. The van der Waals surface area contributed by atoms with Crippen LogP contribution in [0.4, 0.5) is 0 Å². The summed E-state index contributed by atoms with van der Waals surface area (Å²) < 4.78 is 5.68. The maximum atomic E-state index is 5.55. The number of rotatable bonds is 12. The van der Waals surface area contributed by atoms with Crippen LogP contribution in [0.15, 0.2) is 348 Å². The molecule has 6 heterocycles. The van der Waals surface area contributed by atoms with E-state index < -0.39 is 10.9 Å². The van der Waals surface area contributed by atoms with Crippen molar-refractivity contribution < 1.29 is 0 Å². The van der Waals surface area contributed by atoms with Crippen molar-refractivity contribution >= 4 is 76.1 Å². The van der Waals surface area contributed by atoms with Gasteiger partial charge in [0, 0.05) is 76.3 Å². The van der Waals surface area contributed by atoms with Crippen LogP contribution in [-0.2, 0) is 0 Å². The van der Waals surface area contributed by atoms with Crippen LogP contribution in [0.5, 0.6) is 0 Å². The van der Waals surface area contributed by atoms with Gasteiger partial charge < -0.3 is 4.57 Å². The van der Waals surface area contributed by atoms with Crippen molar-refractivity contribution in [2.45, 2.75) is 14.7 Å². The lowest BCUT2D eigenvalue weighted by Crippen LogP contribution is -2.03. The van der Waals surface area contributed by atoms with Gasteiger partial charge in [0.05, 0.1) is 38.0 Å². The number of thiol groups is 1. The molecule has 0 aliphatic carbocycles. The van der Waals surface area contributed by atoms with Crippen LogP contribution in [-0.4, -0.2) is 49.0 Å². The number of hydrogen-bond donors (Lipinski definition) is 1. The van der Waals surface area contributed by atoms with Gasteiger partial charge in [-0.2, -0.15) is 10.9 Å². The van der Waals surface area contributed by atoms with Crippen LogP contribution in [0.25, 0.3) is 178 Å². The number of benzene rings is 14. The Morgan fingerprint density at radius 3 is 1.45 bits per heavy atom. The highest BCUT2D eigenvalue weighted by molar-refractivity contribution is 8.17. The van der Waals surface area contributed by atoms with Gasteiger partial charge in [0.1, 0.15) is 10.8 Å². The summed E-state index contributed by atoms with van der Waals surface area (Å²) in [4.78, 5) is 46.1. The topological polar surface area (TPSA) is 113 Å². The second-order valence-corrected chi connectivity index (χ2v) is 28.6. The molecule has 0 amide bonds. The SMILES string of the molecule is c1ccc(-c2nc(-c3ccc(-c4cc(-c5nc6cc([SH]7c8ccccc8-c8c(-c9nc(-c%10ccccc%10)nc(-c%10ccc(-c%11nc%12ccccc%12n%11-c%11ccccc%11)cc%10)n9)cccc87)ccc6s5)c5ccccc5c4)cc3)nc(-c3ccccc3-n3c4ccccc4c4ccccc43)n2)cc1. The fourth-order valence-corrected chi connectivity index (χ4v) is 18.3. The van der Waals surface area contributed by atoms with Crippen molar-refractivity contribution in [1.82, 2.24) is 49.0 Å². The van der Waals surface area contributed by atoms with E-state index in [1.54, 1.807) is 11.3 Å². The molecule has 478 valence electrons. The first-order chi connectivity index (χ1) is 50.5. The highest BCUT2D eigenvalue weighted by Crippen LogP contribution is 2.64. The van der Waals surface area contributed by atoms with Crippen LogP contribution in [0, 0.1) is 0 Å². The summed E-state index contributed by atoms with van der Waals surface area (Å²) in [5.41, 5.74) is 19.2. The predicted molar refractivity (Wildman–Crippen MR) is 417 cm³/mol. The van der Waals surface area contributed by atoms with Gasteiger partial charge in [0.15, 0.2) is 34.9 Å². The minimum Gasteiger partial charge on any atom is -0.309 e. The lowest BCUT2D eigenvalue weighted by Gasteiger charge is -2.19. The molecular formula is C90H56N10S2. The number of imidazole rings is 1. The average Bonchev–Trinajstić information content (AvgIpc) is 1.58. The lowest BCUT2D eigenvalue weighted by atomic mass is 9.96. The molecule has 0 radical (unpaired) electrons. The molecule has 1 aliphatic heterocycles. The van der Waals surface area contributed by atoms with Crippen LogP contribution >= 0.6 is 22.2 Å². The first kappa shape index (κ1) is 59.0. The summed E-state index contributed by atoms with van der Waals surface area (Å²) in [5.74, 6) is 4.47. The zero-order valence-electron chi connectivity index (χ0n) is 54.6. The second kappa shape index (κ2) is 24.4. The standard InChI is InChI=1S/C90H56N10S2/c1-4-23-57(24-5-1)83-93-85(96-87(95-83)69-33-14-19-39-77(69)100-75-37-17-12-31-67(75)68-32-13-18-38-76(68)100)59-45-43-56(44-46-59)63-53-62-27-10-11-30-66(62)72(54-63)90-92-74-55-65(51-52-79(74)101-90)102-80-41-21-15-34-70(80)82-71(35-22-42-81(82)102)88-97-84(58-25-6-2-7-26-58)94-86(98-88)60-47-49-61(50-48-60)89-91-73-36-16-20-40-78(73)99(89)64-28-8-3-9-29-64/h1-55,102H. The number of thiazole rings is 1. The molecule has 102 heavy (non-hydrogen) atoms. The first-order valence-electron chi connectivity index (χ1n) is 34.0. The van der Waals surface area contributed by atoms with Crippen LogP contribution in [0.2, 0.25) is 0 Å². The van der Waals surface area contributed by atoms with E-state index in [-0.39, 0.29) is 0 Å². The predicted octanol–water partition coefficient (Wildman–Crippen LogP) is 22.7. The number of nitrogens with zero attached hydrogens (tertiary/aromatic N) is 10. The van der Waals surface area contributed by atoms with Crippen LogP contribution in [0.1, 0.15) is 0 Å². The van der Waals surface area contributed by atoms with E-state index in [2.05, 4.69) is 294 Å². The van der Waals surface area contributed by atoms with Crippen molar-refractivity contribution in [2.75, 3.05) is 0 Å². The Labute approximate surface area is 593 Å². The first-order valence-corrected chi connectivity index (χ1v) is 36.1. The Kier molecular flexibility index (Phi) is 14.1. The molecule has 0 N–H and O–H groups in total. The van der Waals surface area contributed by atoms with Crippen LogP contribution < -0.4 is 0 Å². The van der Waals surface area contributed by atoms with Gasteiger partial charge in [0.25, 0.3) is 0 Å². The number of hydrogen-bond acceptors (Lipinski definition) is 9. The molecule has 0 fully saturated rings. The molecule has 0 saturated heterocycles. The smallest absolute Gasteiger partial charge is 0.166 e. The molecule has 1 unspecified atom stereocenters. The van der Waals surface area contributed by atoms with E-state index in [0.29, 0.717) is 34.9 Å². The third-order valence-corrected chi connectivity index (χ3v) is 23.0. The Balaban J connectivity index is 0.642. The van der Waals surface area contributed by atoms with Gasteiger partial charge in [-0.3, -0.25) is 4.57 Å². The molecule has 0 bridgehead atoms. The molecule has 12 heteroatoms. The Hall–Kier alpha value is -13.1. The number of para-hydroxylation sites is 6. The van der Waals surface area contributed by atoms with Crippen molar-refractivity contribution in [3.8, 4) is 124 Å². The average molecular weight is 1340 g/mol. The van der Waals surface area contributed by atoms with E-state index in [4.69, 9.17) is 39.9 Å². The van der Waals surface area contributed by atoms with E-state index >= 15 is 0 Å². The van der Waals surface area contributed by atoms with Gasteiger partial charge in [-0.25, -0.2) is 39.9 Å². The lowest BCUT2D eigenvalue weighted by molar-refractivity contribution is 1.06. The molecule has 0 saturated carbocycles. The number of aromatic nitrogens is 10. The minimum absolute atomic E-state index is 0.590. The third kappa shape index (κ3) is 10.1. The summed E-state index contributed by atoms with van der Waals surface area (Å²) in [6.07, 6.45) is 0. The van der Waals surface area contributed by atoms with Gasteiger partial charge >= 0.3 is 0 Å². The molecule has 10 nitrogen and oxygen atoms in total. The van der Waals surface area contributed by atoms with Crippen LogP contribution in [0.3, 0.4) is 0 Å². The zero-order chi connectivity index (χ0) is 67.2. The van der Waals surface area contributed by atoms with Crippen molar-refractivity contribution in [1.29, 1.82) is 0 Å². The fraction of sp³-hybridized carbons (Fsp3) is 0. The van der Waals surface area contributed by atoms with E-state index in [9.17, 15) is 0 Å². The summed E-state index contributed by atoms with van der Waals surface area (Å²) >= 11 is 1.73. The van der Waals surface area contributed by atoms with Crippen molar-refractivity contribution in [2.24, 2.45) is 0 Å². The second-order valence-electron chi connectivity index (χ2n) is 25.4. The molecule has 0 spiro atoms. The molecular weight excluding hydrogens is 1290 g/mol. The van der Waals surface area contributed by atoms with Gasteiger partial charge in [-0.1, -0.05) is 243 Å². The van der Waals surface area contributed by atoms with Crippen molar-refractivity contribution in [3.63, 3.8) is 0 Å². The van der Waals surface area contributed by atoms with E-state index in [0.717, 1.165) is 126 Å². The van der Waals surface area contributed by atoms with Gasteiger partial charge in [0.2, 0.25) is 0 Å². The summed E-state index contributed by atoms with van der Waals surface area (Å²) in [7, 11) is -1.01. The zero-order valence-corrected chi connectivity index (χ0v) is 56.3. The normalized spacial score (nSPS) is 13.0. The van der Waals surface area contributed by atoms with Gasteiger partial charge in [-0.05, 0) is 123 Å². The van der Waals surface area contributed by atoms with E-state index in [1.165, 1.54) is 31.0 Å². The molecule has 20 rings (SSSR count). The fourth-order valence-electron chi connectivity index (χ4n) is 14.7. The minimum atomic E-state index is -1.01. The highest BCUT2D eigenvalue weighted by Gasteiger charge is 2.32. The maximum absolute atomic E-state index is 5.55. The third-order valence-electron chi connectivity index (χ3n) is 19.4. The monoisotopic (exact) mass is 1340 g/mol. The Morgan fingerprint density at radius 2 is 0.775 bits per heavy atom. The Bertz CT molecular complexity index is 6460. The maximum Gasteiger partial charge on any atom is 0.166 e.